The topological polar surface area (TPSA) is 88.5 Å². The fourth-order valence-corrected chi connectivity index (χ4v) is 4.42. The summed E-state index contributed by atoms with van der Waals surface area (Å²) in [5.41, 5.74) is 1.64. The third-order valence-corrected chi connectivity index (χ3v) is 6.01. The number of H-pyrrole nitrogens is 1. The van der Waals surface area contributed by atoms with Crippen LogP contribution >= 0.6 is 23.2 Å². The maximum Gasteiger partial charge on any atom is 0.266 e. The molecule has 33 heavy (non-hydrogen) atoms. The molecule has 0 fully saturated rings. The van der Waals surface area contributed by atoms with Gasteiger partial charge < -0.3 is 10.3 Å². The van der Waals surface area contributed by atoms with Crippen molar-refractivity contribution >= 4 is 51.0 Å². The molecule has 0 unspecified atom stereocenters. The van der Waals surface area contributed by atoms with Gasteiger partial charge in [-0.1, -0.05) is 42.3 Å². The Morgan fingerprint density at radius 2 is 2.00 bits per heavy atom. The SMILES string of the molecule is CC[C@@H](Nc1ncnc2nc[nH]c12)c1cc2cccc(F)c2c(=O)n1-c1ccc(Cl)cc1Cl. The number of nitrogens with zero attached hydrogens (tertiary/aromatic N) is 4. The van der Waals surface area contributed by atoms with Crippen LogP contribution < -0.4 is 10.9 Å². The molecular formula is C23H17Cl2FN6O. The molecule has 5 aromatic rings. The zero-order valence-electron chi connectivity index (χ0n) is 17.3. The third-order valence-electron chi connectivity index (χ3n) is 5.47. The second-order valence-electron chi connectivity index (χ2n) is 7.44. The minimum atomic E-state index is -0.598. The van der Waals surface area contributed by atoms with Gasteiger partial charge in [-0.25, -0.2) is 19.3 Å². The number of fused-ring (bicyclic) bond motifs is 2. The van der Waals surface area contributed by atoms with Crippen LogP contribution in [0.2, 0.25) is 10.0 Å². The summed E-state index contributed by atoms with van der Waals surface area (Å²) in [5, 5.41) is 4.56. The molecule has 0 aliphatic heterocycles. The van der Waals surface area contributed by atoms with Crippen LogP contribution in [0.4, 0.5) is 10.2 Å². The zero-order valence-corrected chi connectivity index (χ0v) is 18.8. The van der Waals surface area contributed by atoms with Crippen LogP contribution in [0.25, 0.3) is 27.6 Å². The minimum absolute atomic E-state index is 0.0138. The van der Waals surface area contributed by atoms with Gasteiger partial charge in [0.2, 0.25) is 0 Å². The maximum atomic E-state index is 14.7. The standard InChI is InChI=1S/C23H17Cl2FN6O/c1-2-16(31-22-20-21(28-10-27-20)29-11-30-22)18-8-12-4-3-5-15(26)19(12)23(33)32(18)17-7-6-13(24)9-14(17)25/h3-11,16H,2H2,1H3,(H2,27,28,29,30,31)/t16-/m1/s1. The summed E-state index contributed by atoms with van der Waals surface area (Å²) in [7, 11) is 0. The lowest BCUT2D eigenvalue weighted by Crippen LogP contribution is -2.27. The van der Waals surface area contributed by atoms with Crippen LogP contribution in [0.1, 0.15) is 25.1 Å². The minimum Gasteiger partial charge on any atom is -0.360 e. The molecule has 0 saturated heterocycles. The van der Waals surface area contributed by atoms with Crippen molar-refractivity contribution in [3.05, 3.63) is 87.0 Å². The van der Waals surface area contributed by atoms with Crippen molar-refractivity contribution in [3.8, 4) is 5.69 Å². The lowest BCUT2D eigenvalue weighted by atomic mass is 10.0. The van der Waals surface area contributed by atoms with Gasteiger partial charge in [0.15, 0.2) is 11.5 Å². The average Bonchev–Trinajstić information content (AvgIpc) is 3.28. The first-order chi connectivity index (χ1) is 16.0. The molecule has 3 heterocycles. The highest BCUT2D eigenvalue weighted by molar-refractivity contribution is 6.35. The van der Waals surface area contributed by atoms with Crippen LogP contribution in [0.15, 0.2) is 59.9 Å². The highest BCUT2D eigenvalue weighted by Gasteiger charge is 2.22. The van der Waals surface area contributed by atoms with E-state index in [0.29, 0.717) is 45.2 Å². The number of aromatic nitrogens is 5. The van der Waals surface area contributed by atoms with E-state index in [2.05, 4.69) is 25.3 Å². The molecule has 2 aromatic carbocycles. The summed E-state index contributed by atoms with van der Waals surface area (Å²) in [4.78, 5) is 29.3. The van der Waals surface area contributed by atoms with Gasteiger partial charge in [0, 0.05) is 10.7 Å². The molecule has 0 amide bonds. The summed E-state index contributed by atoms with van der Waals surface area (Å²) >= 11 is 12.6. The normalized spacial score (nSPS) is 12.4. The van der Waals surface area contributed by atoms with Crippen molar-refractivity contribution < 1.29 is 4.39 Å². The number of nitrogens with one attached hydrogen (secondary N) is 2. The molecule has 0 spiro atoms. The van der Waals surface area contributed by atoms with Gasteiger partial charge in [0.1, 0.15) is 17.7 Å². The van der Waals surface area contributed by atoms with Crippen molar-refractivity contribution in [1.82, 2.24) is 24.5 Å². The third kappa shape index (κ3) is 3.71. The molecule has 7 nitrogen and oxygen atoms in total. The molecule has 1 atom stereocenters. The number of hydrogen-bond acceptors (Lipinski definition) is 5. The van der Waals surface area contributed by atoms with Gasteiger partial charge in [0.05, 0.1) is 28.5 Å². The number of rotatable bonds is 5. The molecule has 166 valence electrons. The summed E-state index contributed by atoms with van der Waals surface area (Å²) in [5.74, 6) is -0.0660. The van der Waals surface area contributed by atoms with Gasteiger partial charge in [-0.15, -0.1) is 0 Å². The largest absolute Gasteiger partial charge is 0.360 e. The Hall–Kier alpha value is -3.49. The molecule has 0 aliphatic rings. The molecule has 10 heteroatoms. The zero-order chi connectivity index (χ0) is 23.1. The molecule has 3 aromatic heterocycles. The highest BCUT2D eigenvalue weighted by atomic mass is 35.5. The average molecular weight is 483 g/mol. The second kappa shape index (κ2) is 8.46. The van der Waals surface area contributed by atoms with Crippen molar-refractivity contribution in [1.29, 1.82) is 0 Å². The Labute approximate surface area is 197 Å². The molecule has 2 N–H and O–H groups in total. The molecule has 0 radical (unpaired) electrons. The first kappa shape index (κ1) is 21.4. The van der Waals surface area contributed by atoms with Crippen molar-refractivity contribution in [2.75, 3.05) is 5.32 Å². The van der Waals surface area contributed by atoms with E-state index in [-0.39, 0.29) is 16.5 Å². The monoisotopic (exact) mass is 482 g/mol. The van der Waals surface area contributed by atoms with Crippen molar-refractivity contribution in [3.63, 3.8) is 0 Å². The smallest absolute Gasteiger partial charge is 0.266 e. The van der Waals surface area contributed by atoms with E-state index in [1.165, 1.54) is 23.3 Å². The van der Waals surface area contributed by atoms with E-state index in [0.717, 1.165) is 0 Å². The van der Waals surface area contributed by atoms with Crippen LogP contribution in [0, 0.1) is 5.82 Å². The Kier molecular flexibility index (Phi) is 5.47. The van der Waals surface area contributed by atoms with E-state index >= 15 is 0 Å². The summed E-state index contributed by atoms with van der Waals surface area (Å²) < 4.78 is 16.1. The molecule has 0 aliphatic carbocycles. The van der Waals surface area contributed by atoms with E-state index in [1.807, 2.05) is 6.92 Å². The number of pyridine rings is 1. The van der Waals surface area contributed by atoms with E-state index in [1.54, 1.807) is 36.4 Å². The van der Waals surface area contributed by atoms with Crippen molar-refractivity contribution in [2.24, 2.45) is 0 Å². The number of anilines is 1. The number of benzene rings is 2. The highest BCUT2D eigenvalue weighted by Crippen LogP contribution is 2.31. The fraction of sp³-hybridized carbons (Fsp3) is 0.130. The summed E-state index contributed by atoms with van der Waals surface area (Å²) in [6, 6.07) is 10.8. The van der Waals surface area contributed by atoms with Gasteiger partial charge >= 0.3 is 0 Å². The van der Waals surface area contributed by atoms with Crippen LogP contribution in [0.5, 0.6) is 0 Å². The Morgan fingerprint density at radius 3 is 2.79 bits per heavy atom. The number of halogens is 3. The Bertz CT molecular complexity index is 1560. The van der Waals surface area contributed by atoms with Gasteiger partial charge in [-0.2, -0.15) is 0 Å². The van der Waals surface area contributed by atoms with Crippen molar-refractivity contribution in [2.45, 2.75) is 19.4 Å². The predicted octanol–water partition coefficient (Wildman–Crippen LogP) is 5.67. The molecular weight excluding hydrogens is 466 g/mol. The second-order valence-corrected chi connectivity index (χ2v) is 8.28. The van der Waals surface area contributed by atoms with Gasteiger partial charge in [0.25, 0.3) is 5.56 Å². The number of hydrogen-bond donors (Lipinski definition) is 2. The first-order valence-corrected chi connectivity index (χ1v) is 10.9. The fourth-order valence-electron chi connectivity index (χ4n) is 3.93. The van der Waals surface area contributed by atoms with E-state index in [4.69, 9.17) is 23.2 Å². The molecule has 0 saturated carbocycles. The van der Waals surface area contributed by atoms with Gasteiger partial charge in [-0.05, 0) is 42.1 Å². The van der Waals surface area contributed by atoms with E-state index in [9.17, 15) is 9.18 Å². The quantitative estimate of drug-likeness (QED) is 0.337. The summed E-state index contributed by atoms with van der Waals surface area (Å²) in [6.07, 6.45) is 3.54. The summed E-state index contributed by atoms with van der Waals surface area (Å²) in [6.45, 7) is 1.97. The van der Waals surface area contributed by atoms with Gasteiger partial charge in [-0.3, -0.25) is 9.36 Å². The molecule has 0 bridgehead atoms. The maximum absolute atomic E-state index is 14.7. The number of imidazole rings is 1. The van der Waals surface area contributed by atoms with E-state index < -0.39 is 11.4 Å². The van der Waals surface area contributed by atoms with Crippen LogP contribution in [-0.2, 0) is 0 Å². The molecule has 5 rings (SSSR count). The predicted molar refractivity (Wildman–Crippen MR) is 128 cm³/mol. The van der Waals surface area contributed by atoms with Crippen LogP contribution in [0.3, 0.4) is 0 Å². The number of aromatic amines is 1. The lowest BCUT2D eigenvalue weighted by molar-refractivity contribution is 0.635. The Balaban J connectivity index is 1.77. The first-order valence-electron chi connectivity index (χ1n) is 10.2. The lowest BCUT2D eigenvalue weighted by Gasteiger charge is -2.24. The Morgan fingerprint density at radius 1 is 1.15 bits per heavy atom. The van der Waals surface area contributed by atoms with Crippen LogP contribution in [-0.4, -0.2) is 24.5 Å².